The predicted molar refractivity (Wildman–Crippen MR) is 178 cm³/mol. The average Bonchev–Trinajstić information content (AvgIpc) is 3.62. The van der Waals surface area contributed by atoms with Crippen molar-refractivity contribution in [3.8, 4) is 5.75 Å². The number of carbonyl (C=O) groups excluding carboxylic acids is 2. The lowest BCUT2D eigenvalue weighted by Crippen LogP contribution is -2.46. The number of nitrogens with one attached hydrogen (secondary N) is 1. The van der Waals surface area contributed by atoms with E-state index in [1.807, 2.05) is 49.9 Å². The second-order valence-corrected chi connectivity index (χ2v) is 11.4. The summed E-state index contributed by atoms with van der Waals surface area (Å²) < 4.78 is 5.50. The third-order valence-electron chi connectivity index (χ3n) is 8.52. The maximum atomic E-state index is 14.1. The van der Waals surface area contributed by atoms with Gasteiger partial charge in [-0.2, -0.15) is 4.98 Å². The fourth-order valence-electron chi connectivity index (χ4n) is 5.97. The molecule has 1 saturated heterocycles. The van der Waals surface area contributed by atoms with Gasteiger partial charge >= 0.3 is 18.1 Å². The van der Waals surface area contributed by atoms with Gasteiger partial charge in [-0.05, 0) is 75.8 Å². The number of carboxylic acid groups (broad SMARTS) is 1. The Balaban J connectivity index is 1.40. The number of aryl methyl sites for hydroxylation is 1. The number of urea groups is 1. The molecule has 0 aliphatic carbocycles. The first-order valence-electron chi connectivity index (χ1n) is 16.2. The molecule has 3 amide bonds. The molecule has 12 nitrogen and oxygen atoms in total. The second-order valence-electron chi connectivity index (χ2n) is 11.4. The van der Waals surface area contributed by atoms with Crippen LogP contribution in [-0.4, -0.2) is 83.4 Å². The fraction of sp³-hybridized carbons (Fsp3) is 0.441. The molecule has 2 aromatic carbocycles. The standard InChI is InChI=1S/C34H43N7O5/c1-4-38(5-2)32-35-23-29(40(6-3)33(44)41-21-11-13-25-12-7-8-14-28(25)41)30(37-32)36-27(31(42)43)22-24-15-17-26(18-16-24)46-34(45)39-19-9-10-20-39/h7-8,12,14-18,23,27H,4-6,9-11,13,19-22H2,1-3H3,(H,42,43)(H,35,36,37)/t27-/m0/s1. The van der Waals surface area contributed by atoms with Crippen molar-refractivity contribution in [2.75, 3.05) is 59.3 Å². The molecule has 0 saturated carbocycles. The van der Waals surface area contributed by atoms with Gasteiger partial charge in [0.25, 0.3) is 0 Å². The smallest absolute Gasteiger partial charge is 0.415 e. The van der Waals surface area contributed by atoms with Crippen molar-refractivity contribution in [3.63, 3.8) is 0 Å². The summed E-state index contributed by atoms with van der Waals surface area (Å²) in [7, 11) is 0. The Hall–Kier alpha value is -4.87. The summed E-state index contributed by atoms with van der Waals surface area (Å²) in [6.45, 7) is 9.48. The van der Waals surface area contributed by atoms with Gasteiger partial charge < -0.3 is 25.0 Å². The van der Waals surface area contributed by atoms with Crippen LogP contribution in [0, 0.1) is 0 Å². The second kappa shape index (κ2) is 14.9. The number of rotatable bonds is 11. The maximum Gasteiger partial charge on any atom is 0.415 e. The normalized spacial score (nSPS) is 14.8. The van der Waals surface area contributed by atoms with Gasteiger partial charge in [0.1, 0.15) is 17.5 Å². The zero-order valence-electron chi connectivity index (χ0n) is 26.8. The number of aliphatic carboxylic acids is 1. The molecule has 0 spiro atoms. The van der Waals surface area contributed by atoms with Crippen LogP contribution in [0.2, 0.25) is 0 Å². The zero-order chi connectivity index (χ0) is 32.6. The molecule has 12 heteroatoms. The summed E-state index contributed by atoms with van der Waals surface area (Å²) in [5.74, 6) is 0.0361. The van der Waals surface area contributed by atoms with Crippen LogP contribution in [0.5, 0.6) is 5.75 Å². The van der Waals surface area contributed by atoms with E-state index in [0.29, 0.717) is 56.7 Å². The van der Waals surface area contributed by atoms with Crippen LogP contribution in [0.25, 0.3) is 0 Å². The molecular formula is C34H43N7O5. The number of ether oxygens (including phenoxy) is 1. The van der Waals surface area contributed by atoms with E-state index in [2.05, 4.69) is 10.3 Å². The Morgan fingerprint density at radius 2 is 1.67 bits per heavy atom. The highest BCUT2D eigenvalue weighted by Gasteiger charge is 2.30. The van der Waals surface area contributed by atoms with E-state index in [1.54, 1.807) is 45.2 Å². The molecule has 1 aromatic heterocycles. The molecule has 0 bridgehead atoms. The van der Waals surface area contributed by atoms with Gasteiger partial charge in [0, 0.05) is 51.4 Å². The van der Waals surface area contributed by atoms with Crippen LogP contribution < -0.4 is 24.8 Å². The maximum absolute atomic E-state index is 14.1. The van der Waals surface area contributed by atoms with Gasteiger partial charge in [-0.25, -0.2) is 19.4 Å². The molecule has 244 valence electrons. The summed E-state index contributed by atoms with van der Waals surface area (Å²) >= 11 is 0. The van der Waals surface area contributed by atoms with Gasteiger partial charge in [-0.3, -0.25) is 9.80 Å². The van der Waals surface area contributed by atoms with E-state index in [-0.39, 0.29) is 24.4 Å². The molecule has 2 N–H and O–H groups in total. The molecular weight excluding hydrogens is 586 g/mol. The molecule has 0 radical (unpaired) electrons. The molecule has 1 atom stereocenters. The number of hydrogen-bond donors (Lipinski definition) is 2. The predicted octanol–water partition coefficient (Wildman–Crippen LogP) is 5.42. The Labute approximate surface area is 270 Å². The van der Waals surface area contributed by atoms with Gasteiger partial charge in [-0.1, -0.05) is 30.3 Å². The van der Waals surface area contributed by atoms with E-state index in [1.165, 1.54) is 0 Å². The Morgan fingerprint density at radius 1 is 0.957 bits per heavy atom. The van der Waals surface area contributed by atoms with Crippen molar-refractivity contribution in [2.24, 2.45) is 0 Å². The number of carboxylic acids is 1. The summed E-state index contributed by atoms with van der Waals surface area (Å²) in [4.78, 5) is 55.4. The van der Waals surface area contributed by atoms with E-state index in [0.717, 1.165) is 42.5 Å². The third kappa shape index (κ3) is 7.32. The number of anilines is 4. The number of likely N-dealkylation sites (tertiary alicyclic amines) is 1. The van der Waals surface area contributed by atoms with E-state index >= 15 is 0 Å². The van der Waals surface area contributed by atoms with Gasteiger partial charge in [0.2, 0.25) is 5.95 Å². The largest absolute Gasteiger partial charge is 0.480 e. The van der Waals surface area contributed by atoms with E-state index < -0.39 is 12.0 Å². The summed E-state index contributed by atoms with van der Waals surface area (Å²) in [5, 5.41) is 13.4. The summed E-state index contributed by atoms with van der Waals surface area (Å²) in [5.41, 5.74) is 3.13. The summed E-state index contributed by atoms with van der Waals surface area (Å²) in [6, 6.07) is 13.5. The molecule has 2 aliphatic heterocycles. The monoisotopic (exact) mass is 629 g/mol. The minimum Gasteiger partial charge on any atom is -0.480 e. The number of benzene rings is 2. The van der Waals surface area contributed by atoms with Crippen LogP contribution in [-0.2, 0) is 17.6 Å². The van der Waals surface area contributed by atoms with E-state index in [4.69, 9.17) is 9.72 Å². The average molecular weight is 630 g/mol. The quantitative estimate of drug-likeness (QED) is 0.285. The molecule has 46 heavy (non-hydrogen) atoms. The SMILES string of the molecule is CCN(CC)c1ncc(N(CC)C(=O)N2CCCc3ccccc32)c(N[C@@H](Cc2ccc(OC(=O)N3CCCC3)cc2)C(=O)O)n1. The third-order valence-corrected chi connectivity index (χ3v) is 8.52. The fourth-order valence-corrected chi connectivity index (χ4v) is 5.97. The van der Waals surface area contributed by atoms with Crippen molar-refractivity contribution < 1.29 is 24.2 Å². The zero-order valence-corrected chi connectivity index (χ0v) is 26.8. The molecule has 0 unspecified atom stereocenters. The van der Waals surface area contributed by atoms with Crippen LogP contribution in [0.4, 0.5) is 32.7 Å². The van der Waals surface area contributed by atoms with Gasteiger partial charge in [-0.15, -0.1) is 0 Å². The highest BCUT2D eigenvalue weighted by Crippen LogP contribution is 2.32. The number of amides is 3. The van der Waals surface area contributed by atoms with Crippen LogP contribution in [0.15, 0.2) is 54.7 Å². The van der Waals surface area contributed by atoms with Crippen molar-refractivity contribution in [2.45, 2.75) is 58.9 Å². The van der Waals surface area contributed by atoms with Crippen molar-refractivity contribution in [1.29, 1.82) is 0 Å². The number of aromatic nitrogens is 2. The molecule has 2 aliphatic rings. The van der Waals surface area contributed by atoms with Crippen LogP contribution >= 0.6 is 0 Å². The van der Waals surface area contributed by atoms with Gasteiger partial charge in [0.15, 0.2) is 5.82 Å². The Morgan fingerprint density at radius 3 is 2.35 bits per heavy atom. The van der Waals surface area contributed by atoms with Crippen molar-refractivity contribution in [1.82, 2.24) is 14.9 Å². The number of fused-ring (bicyclic) bond motifs is 1. The lowest BCUT2D eigenvalue weighted by Gasteiger charge is -2.34. The number of carbonyl (C=O) groups is 3. The first kappa shape index (κ1) is 32.5. The van der Waals surface area contributed by atoms with Crippen LogP contribution in [0.1, 0.15) is 51.2 Å². The Kier molecular flexibility index (Phi) is 10.6. The van der Waals surface area contributed by atoms with Crippen molar-refractivity contribution >= 4 is 41.2 Å². The van der Waals surface area contributed by atoms with Crippen molar-refractivity contribution in [3.05, 3.63) is 65.9 Å². The number of para-hydroxylation sites is 1. The number of nitrogens with zero attached hydrogens (tertiary/aromatic N) is 6. The summed E-state index contributed by atoms with van der Waals surface area (Å²) in [6.07, 6.45) is 5.04. The lowest BCUT2D eigenvalue weighted by molar-refractivity contribution is -0.137. The molecule has 5 rings (SSSR count). The lowest BCUT2D eigenvalue weighted by atomic mass is 10.0. The molecule has 1 fully saturated rings. The van der Waals surface area contributed by atoms with Gasteiger partial charge in [0.05, 0.1) is 6.20 Å². The minimum absolute atomic E-state index is 0.124. The molecule has 3 heterocycles. The van der Waals surface area contributed by atoms with Crippen LogP contribution in [0.3, 0.4) is 0 Å². The Bertz CT molecular complexity index is 1520. The highest BCUT2D eigenvalue weighted by atomic mass is 16.6. The minimum atomic E-state index is -1.07. The highest BCUT2D eigenvalue weighted by molar-refractivity contribution is 6.05. The first-order chi connectivity index (χ1) is 22.3. The number of hydrogen-bond acceptors (Lipinski definition) is 8. The first-order valence-corrected chi connectivity index (χ1v) is 16.2. The van der Waals surface area contributed by atoms with E-state index in [9.17, 15) is 19.5 Å². The molecule has 3 aromatic rings. The topological polar surface area (TPSA) is 131 Å².